The van der Waals surface area contributed by atoms with Crippen molar-refractivity contribution in [1.29, 1.82) is 0 Å². The summed E-state index contributed by atoms with van der Waals surface area (Å²) in [6.45, 7) is 1.83. The van der Waals surface area contributed by atoms with Gasteiger partial charge in [0.15, 0.2) is 0 Å². The van der Waals surface area contributed by atoms with Gasteiger partial charge in [0.2, 0.25) is 0 Å². The first-order valence-electron chi connectivity index (χ1n) is 5.31. The van der Waals surface area contributed by atoms with Gasteiger partial charge in [-0.05, 0) is 31.2 Å². The maximum absolute atomic E-state index is 12.4. The first-order valence-corrected chi connectivity index (χ1v) is 5.31. The van der Waals surface area contributed by atoms with E-state index in [2.05, 4.69) is 10.4 Å². The maximum Gasteiger partial charge on any atom is 0.416 e. The second-order valence-electron chi connectivity index (χ2n) is 4.00. The molecule has 6 heteroatoms. The van der Waals surface area contributed by atoms with Crippen LogP contribution < -0.4 is 5.32 Å². The van der Waals surface area contributed by atoms with Gasteiger partial charge in [-0.2, -0.15) is 18.3 Å². The molecule has 2 rings (SSSR count). The fourth-order valence-electron chi connectivity index (χ4n) is 1.62. The van der Waals surface area contributed by atoms with Crippen LogP contribution in [0.25, 0.3) is 0 Å². The largest absolute Gasteiger partial charge is 0.416 e. The third-order valence-corrected chi connectivity index (χ3v) is 2.50. The third kappa shape index (κ3) is 2.64. The average molecular weight is 255 g/mol. The van der Waals surface area contributed by atoms with Crippen LogP contribution in [0.5, 0.6) is 0 Å². The van der Waals surface area contributed by atoms with Gasteiger partial charge in [-0.3, -0.25) is 4.68 Å². The number of nitrogens with one attached hydrogen (secondary N) is 1. The lowest BCUT2D eigenvalue weighted by Crippen LogP contribution is -2.04. The van der Waals surface area contributed by atoms with Gasteiger partial charge < -0.3 is 5.32 Å². The molecular formula is C12H12F3N3. The lowest BCUT2D eigenvalue weighted by Gasteiger charge is -2.08. The van der Waals surface area contributed by atoms with Crippen LogP contribution in [0.1, 0.15) is 11.3 Å². The molecule has 0 aliphatic carbocycles. The molecule has 0 radical (unpaired) electrons. The van der Waals surface area contributed by atoms with Crippen LogP contribution in [-0.4, -0.2) is 9.78 Å². The Labute approximate surface area is 102 Å². The zero-order valence-corrected chi connectivity index (χ0v) is 9.92. The van der Waals surface area contributed by atoms with Gasteiger partial charge in [-0.15, -0.1) is 0 Å². The number of hydrogen-bond donors (Lipinski definition) is 1. The van der Waals surface area contributed by atoms with Crippen LogP contribution in [0.3, 0.4) is 0 Å². The smallest absolute Gasteiger partial charge is 0.353 e. The number of hydrogen-bond acceptors (Lipinski definition) is 2. The van der Waals surface area contributed by atoms with Crippen LogP contribution in [-0.2, 0) is 13.2 Å². The van der Waals surface area contributed by atoms with Gasteiger partial charge in [0.25, 0.3) is 0 Å². The molecule has 0 fully saturated rings. The Balaban J connectivity index is 2.18. The molecule has 0 aliphatic rings. The molecule has 0 spiro atoms. The summed E-state index contributed by atoms with van der Waals surface area (Å²) in [6, 6.07) is 4.90. The molecule has 1 heterocycles. The van der Waals surface area contributed by atoms with Gasteiger partial charge >= 0.3 is 6.18 Å². The molecule has 2 aromatic rings. The standard InChI is InChI=1S/C12H12F3N3/c1-8-11(7-18(2)17-8)16-10-5-3-9(4-6-10)12(13,14)15/h3-7,16H,1-2H3. The fraction of sp³-hybridized carbons (Fsp3) is 0.250. The van der Waals surface area contributed by atoms with E-state index in [1.54, 1.807) is 17.9 Å². The van der Waals surface area contributed by atoms with Gasteiger partial charge in [0, 0.05) is 18.9 Å². The molecule has 18 heavy (non-hydrogen) atoms. The number of nitrogens with zero attached hydrogens (tertiary/aromatic N) is 2. The average Bonchev–Trinajstić information content (AvgIpc) is 2.57. The Bertz CT molecular complexity index is 541. The Hall–Kier alpha value is -1.98. The minimum Gasteiger partial charge on any atom is -0.353 e. The zero-order valence-electron chi connectivity index (χ0n) is 9.92. The highest BCUT2D eigenvalue weighted by atomic mass is 19.4. The first kappa shape index (κ1) is 12.5. The predicted octanol–water partition coefficient (Wildman–Crippen LogP) is 3.49. The minimum absolute atomic E-state index is 0.596. The van der Waals surface area contributed by atoms with E-state index < -0.39 is 11.7 Å². The van der Waals surface area contributed by atoms with Crippen LogP contribution in [0.15, 0.2) is 30.5 Å². The Morgan fingerprint density at radius 2 is 1.78 bits per heavy atom. The molecule has 0 atom stereocenters. The van der Waals surface area contributed by atoms with Crippen molar-refractivity contribution in [3.63, 3.8) is 0 Å². The van der Waals surface area contributed by atoms with E-state index in [4.69, 9.17) is 0 Å². The SMILES string of the molecule is Cc1nn(C)cc1Nc1ccc(C(F)(F)F)cc1. The van der Waals surface area contributed by atoms with Crippen molar-refractivity contribution in [2.24, 2.45) is 7.05 Å². The highest BCUT2D eigenvalue weighted by Gasteiger charge is 2.29. The summed E-state index contributed by atoms with van der Waals surface area (Å²) in [6.07, 6.45) is -2.53. The fourth-order valence-corrected chi connectivity index (χ4v) is 1.62. The van der Waals surface area contributed by atoms with Gasteiger partial charge in [0.05, 0.1) is 16.9 Å². The van der Waals surface area contributed by atoms with E-state index in [0.29, 0.717) is 5.69 Å². The number of aryl methyl sites for hydroxylation is 2. The maximum atomic E-state index is 12.4. The molecule has 0 saturated heterocycles. The van der Waals surface area contributed by atoms with Crippen LogP contribution in [0.2, 0.25) is 0 Å². The molecule has 1 N–H and O–H groups in total. The summed E-state index contributed by atoms with van der Waals surface area (Å²) in [5, 5.41) is 7.16. The Kier molecular flexibility index (Phi) is 3.02. The van der Waals surface area contributed by atoms with E-state index in [-0.39, 0.29) is 0 Å². The normalized spacial score (nSPS) is 11.6. The molecule has 0 amide bonds. The lowest BCUT2D eigenvalue weighted by atomic mass is 10.2. The molecule has 1 aromatic carbocycles. The monoisotopic (exact) mass is 255 g/mol. The Morgan fingerprint density at radius 1 is 1.17 bits per heavy atom. The van der Waals surface area contributed by atoms with E-state index in [1.165, 1.54) is 12.1 Å². The topological polar surface area (TPSA) is 29.9 Å². The molecular weight excluding hydrogens is 243 g/mol. The summed E-state index contributed by atoms with van der Waals surface area (Å²) in [5.74, 6) is 0. The van der Waals surface area contributed by atoms with E-state index in [9.17, 15) is 13.2 Å². The summed E-state index contributed by atoms with van der Waals surface area (Å²) in [5.41, 5.74) is 1.50. The minimum atomic E-state index is -4.30. The van der Waals surface area contributed by atoms with Crippen molar-refractivity contribution < 1.29 is 13.2 Å². The van der Waals surface area contributed by atoms with Crippen LogP contribution >= 0.6 is 0 Å². The number of alkyl halides is 3. The molecule has 1 aromatic heterocycles. The van der Waals surface area contributed by atoms with Crippen molar-refractivity contribution in [3.05, 3.63) is 41.7 Å². The third-order valence-electron chi connectivity index (χ3n) is 2.50. The van der Waals surface area contributed by atoms with E-state index in [0.717, 1.165) is 23.5 Å². The predicted molar refractivity (Wildman–Crippen MR) is 62.7 cm³/mol. The van der Waals surface area contributed by atoms with E-state index >= 15 is 0 Å². The zero-order chi connectivity index (χ0) is 13.3. The molecule has 96 valence electrons. The van der Waals surface area contributed by atoms with Gasteiger partial charge in [0.1, 0.15) is 0 Å². The summed E-state index contributed by atoms with van der Waals surface area (Å²) in [7, 11) is 1.78. The van der Waals surface area contributed by atoms with Crippen LogP contribution in [0, 0.1) is 6.92 Å². The molecule has 3 nitrogen and oxygen atoms in total. The first-order chi connectivity index (χ1) is 8.36. The Morgan fingerprint density at radius 3 is 2.22 bits per heavy atom. The second kappa shape index (κ2) is 4.36. The van der Waals surface area contributed by atoms with Gasteiger partial charge in [-0.25, -0.2) is 0 Å². The summed E-state index contributed by atoms with van der Waals surface area (Å²) < 4.78 is 38.8. The number of benzene rings is 1. The molecule has 0 saturated carbocycles. The van der Waals surface area contributed by atoms with Crippen molar-refractivity contribution in [2.45, 2.75) is 13.1 Å². The quantitative estimate of drug-likeness (QED) is 0.890. The molecule has 0 bridgehead atoms. The van der Waals surface area contributed by atoms with Crippen molar-refractivity contribution in [2.75, 3.05) is 5.32 Å². The lowest BCUT2D eigenvalue weighted by molar-refractivity contribution is -0.137. The number of aromatic nitrogens is 2. The number of rotatable bonds is 2. The van der Waals surface area contributed by atoms with Crippen molar-refractivity contribution in [3.8, 4) is 0 Å². The van der Waals surface area contributed by atoms with Crippen molar-refractivity contribution in [1.82, 2.24) is 9.78 Å². The molecule has 0 unspecified atom stereocenters. The summed E-state index contributed by atoms with van der Waals surface area (Å²) in [4.78, 5) is 0. The van der Waals surface area contributed by atoms with E-state index in [1.807, 2.05) is 6.92 Å². The highest BCUT2D eigenvalue weighted by molar-refractivity contribution is 5.61. The second-order valence-corrected chi connectivity index (χ2v) is 4.00. The number of anilines is 2. The molecule has 0 aliphatic heterocycles. The highest BCUT2D eigenvalue weighted by Crippen LogP contribution is 2.30. The van der Waals surface area contributed by atoms with Crippen molar-refractivity contribution >= 4 is 11.4 Å². The van der Waals surface area contributed by atoms with Crippen LogP contribution in [0.4, 0.5) is 24.5 Å². The summed E-state index contributed by atoms with van der Waals surface area (Å²) >= 11 is 0. The number of halogens is 3. The van der Waals surface area contributed by atoms with Gasteiger partial charge in [-0.1, -0.05) is 0 Å².